The van der Waals surface area contributed by atoms with Crippen LogP contribution in [0.15, 0.2) is 9.98 Å². The van der Waals surface area contributed by atoms with Gasteiger partial charge in [-0.25, -0.2) is 4.99 Å². The lowest BCUT2D eigenvalue weighted by Crippen LogP contribution is -2.30. The zero-order chi connectivity index (χ0) is 11.2. The first-order valence-corrected chi connectivity index (χ1v) is 4.49. The third-order valence-electron chi connectivity index (χ3n) is 2.04. The molecule has 0 amide bonds. The summed E-state index contributed by atoms with van der Waals surface area (Å²) in [6, 6.07) is 0. The van der Waals surface area contributed by atoms with Crippen LogP contribution in [0, 0.1) is 0 Å². The van der Waals surface area contributed by atoms with Crippen molar-refractivity contribution in [3.63, 3.8) is 0 Å². The second-order valence-corrected chi connectivity index (χ2v) is 3.33. The van der Waals surface area contributed by atoms with Crippen molar-refractivity contribution in [3.8, 4) is 0 Å². The lowest BCUT2D eigenvalue weighted by Gasteiger charge is -2.22. The maximum atomic E-state index is 8.83. The Bertz CT molecular complexity index is 234. The van der Waals surface area contributed by atoms with Crippen LogP contribution in [0.3, 0.4) is 0 Å². The third-order valence-corrected chi connectivity index (χ3v) is 2.04. The van der Waals surface area contributed by atoms with E-state index < -0.39 is 5.54 Å². The molecule has 0 aliphatic heterocycles. The largest absolute Gasteiger partial charge is 0.396 e. The van der Waals surface area contributed by atoms with E-state index in [9.17, 15) is 0 Å². The smallest absolute Gasteiger partial charge is 0.219 e. The quantitative estimate of drug-likeness (QED) is 0.348. The van der Waals surface area contributed by atoms with Gasteiger partial charge >= 0.3 is 0 Å². The van der Waals surface area contributed by atoms with Crippen molar-refractivity contribution in [2.24, 2.45) is 27.2 Å². The van der Waals surface area contributed by atoms with Gasteiger partial charge in [0.25, 0.3) is 0 Å². The van der Waals surface area contributed by atoms with Crippen molar-refractivity contribution in [1.29, 1.82) is 0 Å². The van der Waals surface area contributed by atoms with Gasteiger partial charge in [-0.2, -0.15) is 4.99 Å². The molecule has 0 fully saturated rings. The Morgan fingerprint density at radius 3 is 2.29 bits per heavy atom. The number of aliphatic hydroxyl groups excluding tert-OH is 1. The Morgan fingerprint density at radius 2 is 1.93 bits per heavy atom. The zero-order valence-corrected chi connectivity index (χ0v) is 8.70. The Balaban J connectivity index is 4.64. The number of aliphatic hydroxyl groups is 1. The van der Waals surface area contributed by atoms with Crippen molar-refractivity contribution in [3.05, 3.63) is 0 Å². The Kier molecular flexibility index (Phi) is 4.93. The SMILES string of the molecule is CCC(C)(CCO)N=C(N)N=C(N)N. The van der Waals surface area contributed by atoms with E-state index in [0.717, 1.165) is 6.42 Å². The summed E-state index contributed by atoms with van der Waals surface area (Å²) in [5, 5.41) is 8.83. The number of aliphatic imine (C=N–C) groups is 2. The molecule has 6 nitrogen and oxygen atoms in total. The first-order chi connectivity index (χ1) is 6.43. The van der Waals surface area contributed by atoms with Gasteiger partial charge in [0.05, 0.1) is 5.54 Å². The maximum Gasteiger partial charge on any atom is 0.219 e. The van der Waals surface area contributed by atoms with Gasteiger partial charge in [0.1, 0.15) is 0 Å². The number of hydrogen-bond donors (Lipinski definition) is 4. The highest BCUT2D eigenvalue weighted by Crippen LogP contribution is 2.19. The van der Waals surface area contributed by atoms with E-state index in [1.807, 2.05) is 13.8 Å². The van der Waals surface area contributed by atoms with E-state index in [0.29, 0.717) is 6.42 Å². The lowest BCUT2D eigenvalue weighted by atomic mass is 9.96. The molecule has 0 aromatic carbocycles. The first kappa shape index (κ1) is 12.7. The summed E-state index contributed by atoms with van der Waals surface area (Å²) < 4.78 is 0. The summed E-state index contributed by atoms with van der Waals surface area (Å²) in [4.78, 5) is 7.75. The van der Waals surface area contributed by atoms with Crippen LogP contribution in [0.4, 0.5) is 0 Å². The van der Waals surface area contributed by atoms with E-state index in [2.05, 4.69) is 9.98 Å². The molecule has 0 aromatic heterocycles. The highest BCUT2D eigenvalue weighted by atomic mass is 16.3. The van der Waals surface area contributed by atoms with Crippen molar-refractivity contribution in [2.75, 3.05) is 6.61 Å². The molecule has 14 heavy (non-hydrogen) atoms. The number of rotatable bonds is 4. The molecular formula is C8H19N5O. The zero-order valence-electron chi connectivity index (χ0n) is 8.70. The summed E-state index contributed by atoms with van der Waals surface area (Å²) in [6.45, 7) is 3.91. The Hall–Kier alpha value is -1.30. The highest BCUT2D eigenvalue weighted by molar-refractivity contribution is 5.92. The highest BCUT2D eigenvalue weighted by Gasteiger charge is 2.20. The molecule has 0 aliphatic rings. The number of guanidine groups is 2. The molecule has 7 N–H and O–H groups in total. The van der Waals surface area contributed by atoms with Crippen molar-refractivity contribution in [2.45, 2.75) is 32.2 Å². The summed E-state index contributed by atoms with van der Waals surface area (Å²) in [7, 11) is 0. The average molecular weight is 201 g/mol. The molecule has 0 rings (SSSR count). The summed E-state index contributed by atoms with van der Waals surface area (Å²) in [6.07, 6.45) is 1.29. The van der Waals surface area contributed by atoms with Gasteiger partial charge in [-0.15, -0.1) is 0 Å². The molecule has 0 aromatic rings. The van der Waals surface area contributed by atoms with E-state index in [1.54, 1.807) is 0 Å². The topological polar surface area (TPSA) is 123 Å². The molecule has 0 radical (unpaired) electrons. The van der Waals surface area contributed by atoms with E-state index >= 15 is 0 Å². The van der Waals surface area contributed by atoms with Crippen LogP contribution in [0.1, 0.15) is 26.7 Å². The van der Waals surface area contributed by atoms with Crippen LogP contribution in [-0.2, 0) is 0 Å². The maximum absolute atomic E-state index is 8.83. The van der Waals surface area contributed by atoms with Gasteiger partial charge in [0.15, 0.2) is 5.96 Å². The predicted molar refractivity (Wildman–Crippen MR) is 57.8 cm³/mol. The summed E-state index contributed by atoms with van der Waals surface area (Å²) in [5.41, 5.74) is 15.4. The van der Waals surface area contributed by atoms with Gasteiger partial charge in [-0.3, -0.25) is 0 Å². The van der Waals surface area contributed by atoms with Crippen LogP contribution in [0.25, 0.3) is 0 Å². The monoisotopic (exact) mass is 201 g/mol. The molecule has 0 saturated heterocycles. The molecule has 0 aliphatic carbocycles. The fourth-order valence-corrected chi connectivity index (χ4v) is 0.986. The fourth-order valence-electron chi connectivity index (χ4n) is 0.986. The predicted octanol–water partition coefficient (Wildman–Crippen LogP) is -0.874. The van der Waals surface area contributed by atoms with Gasteiger partial charge in [0.2, 0.25) is 5.96 Å². The van der Waals surface area contributed by atoms with Crippen molar-refractivity contribution < 1.29 is 5.11 Å². The summed E-state index contributed by atoms with van der Waals surface area (Å²) in [5.74, 6) is -0.0727. The van der Waals surface area contributed by atoms with Crippen LogP contribution in [0.2, 0.25) is 0 Å². The Labute approximate surface area is 83.9 Å². The summed E-state index contributed by atoms with van der Waals surface area (Å²) >= 11 is 0. The molecule has 1 atom stereocenters. The molecule has 0 heterocycles. The second kappa shape index (κ2) is 5.43. The molecular weight excluding hydrogens is 182 g/mol. The molecule has 0 saturated carbocycles. The average Bonchev–Trinajstić information content (AvgIpc) is 2.02. The normalized spacial score (nSPS) is 16.1. The fraction of sp³-hybridized carbons (Fsp3) is 0.750. The number of nitrogens with two attached hydrogens (primary N) is 3. The van der Waals surface area contributed by atoms with E-state index in [-0.39, 0.29) is 18.5 Å². The number of hydrogen-bond acceptors (Lipinski definition) is 2. The lowest BCUT2D eigenvalue weighted by molar-refractivity contribution is 0.244. The molecule has 0 bridgehead atoms. The van der Waals surface area contributed by atoms with Crippen molar-refractivity contribution >= 4 is 11.9 Å². The third kappa shape index (κ3) is 4.66. The van der Waals surface area contributed by atoms with Crippen LogP contribution in [0.5, 0.6) is 0 Å². The van der Waals surface area contributed by atoms with E-state index in [1.165, 1.54) is 0 Å². The van der Waals surface area contributed by atoms with Crippen molar-refractivity contribution in [1.82, 2.24) is 0 Å². The standard InChI is InChI=1S/C8H19N5O/c1-3-8(2,4-5-14)13-7(11)12-6(9)10/h14H,3-5H2,1-2H3,(H6,9,10,11,12,13). The van der Waals surface area contributed by atoms with Crippen LogP contribution >= 0.6 is 0 Å². The number of nitrogens with zero attached hydrogens (tertiary/aromatic N) is 2. The molecule has 1 unspecified atom stereocenters. The Morgan fingerprint density at radius 1 is 1.36 bits per heavy atom. The molecule has 82 valence electrons. The minimum atomic E-state index is -0.405. The van der Waals surface area contributed by atoms with Gasteiger partial charge < -0.3 is 22.3 Å². The minimum absolute atomic E-state index is 0.0443. The van der Waals surface area contributed by atoms with Gasteiger partial charge in [-0.05, 0) is 19.8 Å². The van der Waals surface area contributed by atoms with Gasteiger partial charge in [0, 0.05) is 6.61 Å². The minimum Gasteiger partial charge on any atom is -0.396 e. The van der Waals surface area contributed by atoms with Crippen LogP contribution in [-0.4, -0.2) is 29.2 Å². The van der Waals surface area contributed by atoms with Crippen LogP contribution < -0.4 is 17.2 Å². The molecule has 0 spiro atoms. The van der Waals surface area contributed by atoms with E-state index in [4.69, 9.17) is 22.3 Å². The molecule has 6 heteroatoms. The van der Waals surface area contributed by atoms with Gasteiger partial charge in [-0.1, -0.05) is 6.92 Å². The second-order valence-electron chi connectivity index (χ2n) is 3.33. The first-order valence-electron chi connectivity index (χ1n) is 4.49.